The molecule has 0 radical (unpaired) electrons. The van der Waals surface area contributed by atoms with Gasteiger partial charge in [-0.15, -0.1) is 0 Å². The number of hydrogen-bond acceptors (Lipinski definition) is 3. The first kappa shape index (κ1) is 17.7. The predicted octanol–water partition coefficient (Wildman–Crippen LogP) is 0.921. The number of rotatable bonds is 7. The van der Waals surface area contributed by atoms with Crippen LogP contribution in [0.3, 0.4) is 0 Å². The Morgan fingerprint density at radius 2 is 1.77 bits per heavy atom. The van der Waals surface area contributed by atoms with Crippen LogP contribution < -0.4 is 10.6 Å². The molecular formula is C16H23N3O3. The fourth-order valence-electron chi connectivity index (χ4n) is 2.00. The zero-order chi connectivity index (χ0) is 16.5. The molecule has 0 fully saturated rings. The number of amides is 3. The molecular weight excluding hydrogens is 282 g/mol. The third kappa shape index (κ3) is 5.55. The molecule has 3 amide bonds. The second kappa shape index (κ2) is 8.81. The van der Waals surface area contributed by atoms with Gasteiger partial charge in [0.15, 0.2) is 0 Å². The van der Waals surface area contributed by atoms with Crippen LogP contribution in [-0.4, -0.2) is 42.3 Å². The zero-order valence-corrected chi connectivity index (χ0v) is 13.3. The van der Waals surface area contributed by atoms with Crippen LogP contribution in [0.15, 0.2) is 24.3 Å². The van der Waals surface area contributed by atoms with Crippen molar-refractivity contribution < 1.29 is 14.4 Å². The van der Waals surface area contributed by atoms with E-state index in [1.54, 1.807) is 23.1 Å². The summed E-state index contributed by atoms with van der Waals surface area (Å²) >= 11 is 0. The first-order valence-electron chi connectivity index (χ1n) is 7.37. The molecule has 0 saturated heterocycles. The largest absolute Gasteiger partial charge is 0.352 e. The molecule has 2 N–H and O–H groups in total. The van der Waals surface area contributed by atoms with Crippen molar-refractivity contribution in [2.24, 2.45) is 0 Å². The molecule has 0 aliphatic heterocycles. The first-order chi connectivity index (χ1) is 10.5. The lowest BCUT2D eigenvalue weighted by Crippen LogP contribution is -2.40. The maximum absolute atomic E-state index is 12.1. The third-order valence-electron chi connectivity index (χ3n) is 3.25. The van der Waals surface area contributed by atoms with Gasteiger partial charge in [-0.25, -0.2) is 0 Å². The Morgan fingerprint density at radius 1 is 1.09 bits per heavy atom. The Bertz CT molecular complexity index is 539. The van der Waals surface area contributed by atoms with Crippen LogP contribution in [0.2, 0.25) is 0 Å². The first-order valence-corrected chi connectivity index (χ1v) is 7.37. The summed E-state index contributed by atoms with van der Waals surface area (Å²) in [5, 5.41) is 5.30. The van der Waals surface area contributed by atoms with E-state index in [-0.39, 0.29) is 24.3 Å². The predicted molar refractivity (Wildman–Crippen MR) is 84.2 cm³/mol. The van der Waals surface area contributed by atoms with E-state index in [4.69, 9.17) is 0 Å². The highest BCUT2D eigenvalue weighted by molar-refractivity contribution is 5.96. The molecule has 6 heteroatoms. The molecule has 0 aliphatic carbocycles. The van der Waals surface area contributed by atoms with Gasteiger partial charge in [0.1, 0.15) is 0 Å². The second-order valence-corrected chi connectivity index (χ2v) is 4.86. The molecule has 1 aromatic carbocycles. The summed E-state index contributed by atoms with van der Waals surface area (Å²) in [6, 6.07) is 6.95. The van der Waals surface area contributed by atoms with Crippen LogP contribution in [0.4, 0.5) is 0 Å². The Morgan fingerprint density at radius 3 is 2.36 bits per heavy atom. The number of nitrogens with zero attached hydrogens (tertiary/aromatic N) is 1. The van der Waals surface area contributed by atoms with Crippen molar-refractivity contribution in [2.45, 2.75) is 27.3 Å². The molecule has 0 aromatic heterocycles. The molecule has 0 saturated carbocycles. The molecule has 1 rings (SSSR count). The second-order valence-electron chi connectivity index (χ2n) is 4.86. The lowest BCUT2D eigenvalue weighted by molar-refractivity contribution is -0.129. The molecule has 0 spiro atoms. The average Bonchev–Trinajstić information content (AvgIpc) is 2.52. The SMILES string of the molecule is CCN(CC)C(=O)CNC(=O)c1cccc(CNC(C)=O)c1. The van der Waals surface area contributed by atoms with E-state index in [9.17, 15) is 14.4 Å². The van der Waals surface area contributed by atoms with Gasteiger partial charge in [0.05, 0.1) is 6.54 Å². The van der Waals surface area contributed by atoms with E-state index < -0.39 is 0 Å². The minimum atomic E-state index is -0.301. The molecule has 22 heavy (non-hydrogen) atoms. The summed E-state index contributed by atoms with van der Waals surface area (Å²) < 4.78 is 0. The topological polar surface area (TPSA) is 78.5 Å². The van der Waals surface area contributed by atoms with Gasteiger partial charge in [-0.1, -0.05) is 12.1 Å². The summed E-state index contributed by atoms with van der Waals surface area (Å²) in [6.07, 6.45) is 0. The van der Waals surface area contributed by atoms with Gasteiger partial charge in [0, 0.05) is 32.1 Å². The van der Waals surface area contributed by atoms with E-state index >= 15 is 0 Å². The third-order valence-corrected chi connectivity index (χ3v) is 3.25. The van der Waals surface area contributed by atoms with E-state index in [0.717, 1.165) is 5.56 Å². The highest BCUT2D eigenvalue weighted by atomic mass is 16.2. The van der Waals surface area contributed by atoms with Crippen molar-refractivity contribution in [3.8, 4) is 0 Å². The number of nitrogens with one attached hydrogen (secondary N) is 2. The number of carbonyl (C=O) groups is 3. The normalized spacial score (nSPS) is 9.95. The van der Waals surface area contributed by atoms with Crippen LogP contribution >= 0.6 is 0 Å². The summed E-state index contributed by atoms with van der Waals surface area (Å²) in [5.41, 5.74) is 1.30. The van der Waals surface area contributed by atoms with Gasteiger partial charge in [-0.05, 0) is 31.5 Å². The molecule has 0 bridgehead atoms. The maximum Gasteiger partial charge on any atom is 0.251 e. The molecule has 0 unspecified atom stereocenters. The Labute approximate surface area is 130 Å². The standard InChI is InChI=1S/C16H23N3O3/c1-4-19(5-2)15(21)11-18-16(22)14-8-6-7-13(9-14)10-17-12(3)20/h6-9H,4-5,10-11H2,1-3H3,(H,17,20)(H,18,22). The Kier molecular flexibility index (Phi) is 7.08. The van der Waals surface area contributed by atoms with Crippen LogP contribution in [0, 0.1) is 0 Å². The van der Waals surface area contributed by atoms with Crippen molar-refractivity contribution in [3.05, 3.63) is 35.4 Å². The number of likely N-dealkylation sites (N-methyl/N-ethyl adjacent to an activating group) is 1. The minimum absolute atomic E-state index is 0.0174. The Balaban J connectivity index is 2.60. The van der Waals surface area contributed by atoms with Crippen LogP contribution in [-0.2, 0) is 16.1 Å². The van der Waals surface area contributed by atoms with Crippen LogP contribution in [0.1, 0.15) is 36.7 Å². The lowest BCUT2D eigenvalue weighted by atomic mass is 10.1. The van der Waals surface area contributed by atoms with Crippen molar-refractivity contribution in [1.29, 1.82) is 0 Å². The highest BCUT2D eigenvalue weighted by Crippen LogP contribution is 2.05. The van der Waals surface area contributed by atoms with Gasteiger partial charge in [0.25, 0.3) is 5.91 Å². The smallest absolute Gasteiger partial charge is 0.251 e. The van der Waals surface area contributed by atoms with E-state index in [1.165, 1.54) is 6.92 Å². The summed E-state index contributed by atoms with van der Waals surface area (Å²) in [5.74, 6) is -0.530. The van der Waals surface area contributed by atoms with Gasteiger partial charge >= 0.3 is 0 Å². The van der Waals surface area contributed by atoms with Gasteiger partial charge in [0.2, 0.25) is 11.8 Å². The van der Waals surface area contributed by atoms with Gasteiger partial charge in [-0.3, -0.25) is 14.4 Å². The molecule has 0 aliphatic rings. The maximum atomic E-state index is 12.1. The van der Waals surface area contributed by atoms with E-state index in [0.29, 0.717) is 25.2 Å². The van der Waals surface area contributed by atoms with Crippen molar-refractivity contribution in [3.63, 3.8) is 0 Å². The number of benzene rings is 1. The fraction of sp³-hybridized carbons (Fsp3) is 0.438. The average molecular weight is 305 g/mol. The van der Waals surface area contributed by atoms with Crippen molar-refractivity contribution in [1.82, 2.24) is 15.5 Å². The molecule has 120 valence electrons. The monoisotopic (exact) mass is 305 g/mol. The van der Waals surface area contributed by atoms with Crippen LogP contribution in [0.25, 0.3) is 0 Å². The van der Waals surface area contributed by atoms with Crippen molar-refractivity contribution >= 4 is 17.7 Å². The molecule has 6 nitrogen and oxygen atoms in total. The van der Waals surface area contributed by atoms with Crippen LogP contribution in [0.5, 0.6) is 0 Å². The van der Waals surface area contributed by atoms with Crippen molar-refractivity contribution in [2.75, 3.05) is 19.6 Å². The van der Waals surface area contributed by atoms with Gasteiger partial charge < -0.3 is 15.5 Å². The molecule has 1 aromatic rings. The molecule has 0 atom stereocenters. The minimum Gasteiger partial charge on any atom is -0.352 e. The quantitative estimate of drug-likeness (QED) is 0.786. The lowest BCUT2D eigenvalue weighted by Gasteiger charge is -2.18. The van der Waals surface area contributed by atoms with Gasteiger partial charge in [-0.2, -0.15) is 0 Å². The number of carbonyl (C=O) groups excluding carboxylic acids is 3. The number of hydrogen-bond donors (Lipinski definition) is 2. The Hall–Kier alpha value is -2.37. The highest BCUT2D eigenvalue weighted by Gasteiger charge is 2.12. The van der Waals surface area contributed by atoms with E-state index in [1.807, 2.05) is 19.9 Å². The summed E-state index contributed by atoms with van der Waals surface area (Å²) in [6.45, 7) is 6.83. The fourth-order valence-corrected chi connectivity index (χ4v) is 2.00. The zero-order valence-electron chi connectivity index (χ0n) is 13.3. The summed E-state index contributed by atoms with van der Waals surface area (Å²) in [7, 11) is 0. The van der Waals surface area contributed by atoms with E-state index in [2.05, 4.69) is 10.6 Å². The summed E-state index contributed by atoms with van der Waals surface area (Å²) in [4.78, 5) is 36.5. The molecule has 0 heterocycles.